The average molecular weight is 380 g/mol. The summed E-state index contributed by atoms with van der Waals surface area (Å²) in [6.45, 7) is 0. The number of nitrogens with zero attached hydrogens (tertiary/aromatic N) is 1. The van der Waals surface area contributed by atoms with E-state index >= 15 is 0 Å². The molecule has 0 bridgehead atoms. The summed E-state index contributed by atoms with van der Waals surface area (Å²) in [5.74, 6) is -0.637. The number of nitro groups is 1. The van der Waals surface area contributed by atoms with Crippen LogP contribution in [0.3, 0.4) is 0 Å². The summed E-state index contributed by atoms with van der Waals surface area (Å²) in [5.41, 5.74) is 0.370. The molecule has 0 aliphatic rings. The van der Waals surface area contributed by atoms with Crippen LogP contribution in [0.4, 0.5) is 11.4 Å². The zero-order valence-electron chi connectivity index (χ0n) is 11.1. The Morgan fingerprint density at radius 3 is 2.41 bits per heavy atom. The molecular weight excluding hydrogens is 370 g/mol. The van der Waals surface area contributed by atoms with Crippen molar-refractivity contribution in [3.63, 3.8) is 0 Å². The van der Waals surface area contributed by atoms with Crippen LogP contribution in [0.15, 0.2) is 53.0 Å². The third-order valence-corrected chi connectivity index (χ3v) is 3.41. The van der Waals surface area contributed by atoms with Gasteiger partial charge < -0.3 is 5.32 Å². The fraction of sp³-hybridized carbons (Fsp3) is 0. The van der Waals surface area contributed by atoms with Gasteiger partial charge in [0.05, 0.1) is 4.92 Å². The van der Waals surface area contributed by atoms with Crippen LogP contribution in [-0.4, -0.2) is 15.9 Å². The number of benzene rings is 2. The molecule has 0 aliphatic carbocycles. The number of nitrogens with one attached hydrogen (secondary N) is 2. The molecule has 2 N–H and O–H groups in total. The number of para-hydroxylation sites is 1. The maximum atomic E-state index is 12.1. The molecule has 0 aliphatic heterocycles. The molecule has 0 fully saturated rings. The molecule has 0 heterocycles. The second-order valence-electron chi connectivity index (χ2n) is 4.19. The van der Waals surface area contributed by atoms with E-state index in [1.165, 1.54) is 18.2 Å². The van der Waals surface area contributed by atoms with E-state index in [-0.39, 0.29) is 16.4 Å². The SMILES string of the molecule is O=C(NC(=S)Nc1ccc(Br)cc1)c1ccccc1[N+](=O)[O-]. The number of hydrogen-bond donors (Lipinski definition) is 2. The van der Waals surface area contributed by atoms with Gasteiger partial charge in [0, 0.05) is 16.2 Å². The summed E-state index contributed by atoms with van der Waals surface area (Å²) < 4.78 is 0.910. The Hall–Kier alpha value is -2.32. The lowest BCUT2D eigenvalue weighted by atomic mass is 10.1. The summed E-state index contributed by atoms with van der Waals surface area (Å²) in [6.07, 6.45) is 0. The highest BCUT2D eigenvalue weighted by atomic mass is 79.9. The highest BCUT2D eigenvalue weighted by Crippen LogP contribution is 2.17. The number of carbonyl (C=O) groups is 1. The maximum Gasteiger partial charge on any atom is 0.282 e. The first-order valence-corrected chi connectivity index (χ1v) is 7.29. The summed E-state index contributed by atoms with van der Waals surface area (Å²) >= 11 is 8.34. The van der Waals surface area contributed by atoms with E-state index in [1.54, 1.807) is 18.2 Å². The van der Waals surface area contributed by atoms with Gasteiger partial charge >= 0.3 is 0 Å². The average Bonchev–Trinajstić information content (AvgIpc) is 2.49. The number of rotatable bonds is 3. The molecule has 2 aromatic rings. The Morgan fingerprint density at radius 2 is 1.77 bits per heavy atom. The summed E-state index contributed by atoms with van der Waals surface area (Å²) in [4.78, 5) is 22.4. The predicted molar refractivity (Wildman–Crippen MR) is 90.9 cm³/mol. The molecule has 0 spiro atoms. The number of amides is 1. The highest BCUT2D eigenvalue weighted by Gasteiger charge is 2.19. The second kappa shape index (κ2) is 7.10. The largest absolute Gasteiger partial charge is 0.332 e. The minimum Gasteiger partial charge on any atom is -0.332 e. The van der Waals surface area contributed by atoms with Crippen molar-refractivity contribution in [1.82, 2.24) is 5.32 Å². The number of nitro benzene ring substituents is 1. The molecule has 2 rings (SSSR count). The molecule has 112 valence electrons. The van der Waals surface area contributed by atoms with Crippen molar-refractivity contribution >= 4 is 50.5 Å². The normalized spacial score (nSPS) is 9.86. The molecule has 8 heteroatoms. The molecule has 1 amide bonds. The highest BCUT2D eigenvalue weighted by molar-refractivity contribution is 9.10. The summed E-state index contributed by atoms with van der Waals surface area (Å²) in [6, 6.07) is 12.8. The number of thiocarbonyl (C=S) groups is 1. The van der Waals surface area contributed by atoms with Gasteiger partial charge in [-0.15, -0.1) is 0 Å². The van der Waals surface area contributed by atoms with E-state index < -0.39 is 10.8 Å². The maximum absolute atomic E-state index is 12.1. The van der Waals surface area contributed by atoms with Crippen molar-refractivity contribution < 1.29 is 9.72 Å². The van der Waals surface area contributed by atoms with Crippen LogP contribution in [0, 0.1) is 10.1 Å². The molecule has 0 atom stereocenters. The van der Waals surface area contributed by atoms with E-state index in [0.29, 0.717) is 5.69 Å². The molecule has 0 unspecified atom stereocenters. The van der Waals surface area contributed by atoms with E-state index in [2.05, 4.69) is 26.6 Å². The van der Waals surface area contributed by atoms with Crippen molar-refractivity contribution in [3.05, 3.63) is 68.7 Å². The first-order valence-electron chi connectivity index (χ1n) is 6.08. The van der Waals surface area contributed by atoms with Gasteiger partial charge in [-0.3, -0.25) is 20.2 Å². The lowest BCUT2D eigenvalue weighted by Gasteiger charge is -2.09. The van der Waals surface area contributed by atoms with Crippen LogP contribution in [-0.2, 0) is 0 Å². The topological polar surface area (TPSA) is 84.3 Å². The molecule has 6 nitrogen and oxygen atoms in total. The molecule has 2 aromatic carbocycles. The van der Waals surface area contributed by atoms with Crippen molar-refractivity contribution in [3.8, 4) is 0 Å². The Balaban J connectivity index is 2.07. The van der Waals surface area contributed by atoms with Crippen LogP contribution < -0.4 is 10.6 Å². The molecule has 0 radical (unpaired) electrons. The Bertz CT molecular complexity index is 734. The minimum absolute atomic E-state index is 0.0487. The van der Waals surface area contributed by atoms with Crippen molar-refractivity contribution in [2.75, 3.05) is 5.32 Å². The second-order valence-corrected chi connectivity index (χ2v) is 5.51. The third kappa shape index (κ3) is 4.09. The number of halogens is 1. The van der Waals surface area contributed by atoms with Gasteiger partial charge in [0.1, 0.15) is 5.56 Å². The van der Waals surface area contributed by atoms with Crippen LogP contribution in [0.2, 0.25) is 0 Å². The van der Waals surface area contributed by atoms with Gasteiger partial charge in [0.15, 0.2) is 5.11 Å². The standard InChI is InChI=1S/C14H10BrN3O3S/c15-9-5-7-10(8-6-9)16-14(22)17-13(19)11-3-1-2-4-12(11)18(20)21/h1-8H,(H2,16,17,19,22). The fourth-order valence-corrected chi connectivity index (χ4v) is 2.17. The molecular formula is C14H10BrN3O3S. The van der Waals surface area contributed by atoms with Crippen molar-refractivity contribution in [1.29, 1.82) is 0 Å². The van der Waals surface area contributed by atoms with Crippen LogP contribution in [0.25, 0.3) is 0 Å². The van der Waals surface area contributed by atoms with Gasteiger partial charge in [0.25, 0.3) is 11.6 Å². The van der Waals surface area contributed by atoms with Gasteiger partial charge in [-0.25, -0.2) is 0 Å². The van der Waals surface area contributed by atoms with Crippen molar-refractivity contribution in [2.45, 2.75) is 0 Å². The number of anilines is 1. The van der Waals surface area contributed by atoms with E-state index in [1.807, 2.05) is 12.1 Å². The lowest BCUT2D eigenvalue weighted by molar-refractivity contribution is -0.385. The molecule has 22 heavy (non-hydrogen) atoms. The quantitative estimate of drug-likeness (QED) is 0.484. The number of hydrogen-bond acceptors (Lipinski definition) is 4. The Morgan fingerprint density at radius 1 is 1.14 bits per heavy atom. The molecule has 0 saturated heterocycles. The summed E-state index contributed by atoms with van der Waals surface area (Å²) in [5, 5.41) is 16.2. The van der Waals surface area contributed by atoms with Gasteiger partial charge in [0.2, 0.25) is 0 Å². The number of carbonyl (C=O) groups excluding carboxylic acids is 1. The van der Waals surface area contributed by atoms with Crippen LogP contribution >= 0.6 is 28.1 Å². The molecule has 0 saturated carbocycles. The van der Waals surface area contributed by atoms with E-state index in [0.717, 1.165) is 4.47 Å². The first kappa shape index (κ1) is 16.1. The first-order chi connectivity index (χ1) is 10.5. The minimum atomic E-state index is -0.637. The molecule has 0 aromatic heterocycles. The van der Waals surface area contributed by atoms with Gasteiger partial charge in [-0.2, -0.15) is 0 Å². The Labute approximate surface area is 139 Å². The smallest absolute Gasteiger partial charge is 0.282 e. The summed E-state index contributed by atoms with van der Waals surface area (Å²) in [7, 11) is 0. The fourth-order valence-electron chi connectivity index (χ4n) is 1.69. The van der Waals surface area contributed by atoms with Crippen LogP contribution in [0.5, 0.6) is 0 Å². The lowest BCUT2D eigenvalue weighted by Crippen LogP contribution is -2.34. The predicted octanol–water partition coefficient (Wildman–Crippen LogP) is 3.48. The van der Waals surface area contributed by atoms with Crippen LogP contribution in [0.1, 0.15) is 10.4 Å². The van der Waals surface area contributed by atoms with Gasteiger partial charge in [-0.1, -0.05) is 28.1 Å². The van der Waals surface area contributed by atoms with E-state index in [9.17, 15) is 14.9 Å². The Kier molecular flexibility index (Phi) is 5.18. The monoisotopic (exact) mass is 379 g/mol. The van der Waals surface area contributed by atoms with Gasteiger partial charge in [-0.05, 0) is 42.5 Å². The third-order valence-electron chi connectivity index (χ3n) is 2.67. The zero-order chi connectivity index (χ0) is 16.1. The zero-order valence-corrected chi connectivity index (χ0v) is 13.5. The van der Waals surface area contributed by atoms with E-state index in [4.69, 9.17) is 12.2 Å². The van der Waals surface area contributed by atoms with Crippen molar-refractivity contribution in [2.24, 2.45) is 0 Å².